The van der Waals surface area contributed by atoms with Crippen LogP contribution in [0.3, 0.4) is 0 Å². The topological polar surface area (TPSA) is 55.8 Å². The minimum atomic E-state index is -1.01. The van der Waals surface area contributed by atoms with Crippen molar-refractivity contribution < 1.29 is 19.4 Å². The molecular formula is C18H19ClO4. The van der Waals surface area contributed by atoms with Crippen molar-refractivity contribution in [2.75, 3.05) is 6.61 Å². The Morgan fingerprint density at radius 3 is 2.39 bits per heavy atom. The van der Waals surface area contributed by atoms with Crippen LogP contribution in [-0.2, 0) is 11.2 Å². The number of ether oxygens (including phenoxy) is 2. The van der Waals surface area contributed by atoms with E-state index in [1.807, 2.05) is 38.1 Å². The second-order valence-corrected chi connectivity index (χ2v) is 5.54. The zero-order valence-electron chi connectivity index (χ0n) is 13.1. The predicted molar refractivity (Wildman–Crippen MR) is 89.6 cm³/mol. The summed E-state index contributed by atoms with van der Waals surface area (Å²) in [6.07, 6.45) is -0.697. The highest BCUT2D eigenvalue weighted by atomic mass is 35.5. The average molecular weight is 335 g/mol. The minimum Gasteiger partial charge on any atom is -0.494 e. The van der Waals surface area contributed by atoms with Gasteiger partial charge in [0.1, 0.15) is 11.5 Å². The maximum absolute atomic E-state index is 11.5. The van der Waals surface area contributed by atoms with E-state index >= 15 is 0 Å². The molecule has 0 saturated carbocycles. The van der Waals surface area contributed by atoms with Crippen molar-refractivity contribution in [1.82, 2.24) is 0 Å². The van der Waals surface area contributed by atoms with Crippen LogP contribution in [0.5, 0.6) is 11.5 Å². The molecule has 1 N–H and O–H groups in total. The lowest BCUT2D eigenvalue weighted by atomic mass is 10.1. The number of carboxylic acids is 1. The van der Waals surface area contributed by atoms with E-state index in [-0.39, 0.29) is 6.42 Å². The number of hydrogen-bond donors (Lipinski definition) is 1. The van der Waals surface area contributed by atoms with Gasteiger partial charge in [-0.1, -0.05) is 23.7 Å². The molecule has 0 radical (unpaired) electrons. The van der Waals surface area contributed by atoms with E-state index in [0.717, 1.165) is 16.9 Å². The van der Waals surface area contributed by atoms with Gasteiger partial charge >= 0.3 is 5.97 Å². The lowest BCUT2D eigenvalue weighted by Crippen LogP contribution is -2.29. The summed E-state index contributed by atoms with van der Waals surface area (Å²) in [5.74, 6) is 0.245. The van der Waals surface area contributed by atoms with Crippen LogP contribution in [0, 0.1) is 6.92 Å². The summed E-state index contributed by atoms with van der Waals surface area (Å²) >= 11 is 5.97. The Hall–Kier alpha value is -2.20. The van der Waals surface area contributed by atoms with Crippen molar-refractivity contribution in [1.29, 1.82) is 0 Å². The summed E-state index contributed by atoms with van der Waals surface area (Å²) in [6, 6.07) is 12.4. The van der Waals surface area contributed by atoms with Crippen LogP contribution in [0.25, 0.3) is 0 Å². The van der Waals surface area contributed by atoms with Gasteiger partial charge in [-0.25, -0.2) is 4.79 Å². The number of rotatable bonds is 7. The summed E-state index contributed by atoms with van der Waals surface area (Å²) < 4.78 is 11.0. The summed E-state index contributed by atoms with van der Waals surface area (Å²) in [5, 5.41) is 10.0. The molecule has 5 heteroatoms. The fourth-order valence-electron chi connectivity index (χ4n) is 2.14. The first-order chi connectivity index (χ1) is 11.0. The van der Waals surface area contributed by atoms with Crippen LogP contribution in [0.2, 0.25) is 5.02 Å². The molecule has 0 fully saturated rings. The number of aliphatic carboxylic acids is 1. The van der Waals surface area contributed by atoms with Crippen molar-refractivity contribution in [3.05, 3.63) is 58.6 Å². The molecule has 1 atom stereocenters. The quantitative estimate of drug-likeness (QED) is 0.827. The van der Waals surface area contributed by atoms with Gasteiger partial charge in [-0.2, -0.15) is 0 Å². The van der Waals surface area contributed by atoms with Crippen LogP contribution in [0.15, 0.2) is 42.5 Å². The molecule has 0 saturated heterocycles. The minimum absolute atomic E-state index is 0.267. The van der Waals surface area contributed by atoms with Crippen molar-refractivity contribution in [2.24, 2.45) is 0 Å². The molecule has 2 rings (SSSR count). The van der Waals surface area contributed by atoms with Gasteiger partial charge in [0.15, 0.2) is 6.10 Å². The van der Waals surface area contributed by atoms with Gasteiger partial charge in [0.05, 0.1) is 6.61 Å². The Kier molecular flexibility index (Phi) is 5.88. The Morgan fingerprint density at radius 2 is 1.83 bits per heavy atom. The summed E-state index contributed by atoms with van der Waals surface area (Å²) in [6.45, 7) is 4.35. The first-order valence-electron chi connectivity index (χ1n) is 7.37. The van der Waals surface area contributed by atoms with Gasteiger partial charge in [0, 0.05) is 11.4 Å². The Morgan fingerprint density at radius 1 is 1.17 bits per heavy atom. The molecule has 0 aliphatic heterocycles. The molecular weight excluding hydrogens is 316 g/mol. The molecule has 0 unspecified atom stereocenters. The molecule has 0 aliphatic carbocycles. The number of benzene rings is 2. The fourth-order valence-corrected chi connectivity index (χ4v) is 2.25. The van der Waals surface area contributed by atoms with Gasteiger partial charge in [-0.3, -0.25) is 0 Å². The van der Waals surface area contributed by atoms with E-state index in [0.29, 0.717) is 17.4 Å². The molecule has 4 nitrogen and oxygen atoms in total. The maximum atomic E-state index is 11.5. The highest BCUT2D eigenvalue weighted by Gasteiger charge is 2.20. The number of carbonyl (C=O) groups is 1. The zero-order valence-corrected chi connectivity index (χ0v) is 13.8. The fraction of sp³-hybridized carbons (Fsp3) is 0.278. The zero-order chi connectivity index (χ0) is 16.8. The third-order valence-electron chi connectivity index (χ3n) is 3.34. The SMILES string of the molecule is CCOc1ccc(C[C@H](Oc2ccc(Cl)c(C)c2)C(=O)O)cc1. The third-order valence-corrected chi connectivity index (χ3v) is 3.76. The van der Waals surface area contributed by atoms with Gasteiger partial charge in [-0.05, 0) is 55.3 Å². The third kappa shape index (κ3) is 4.89. The van der Waals surface area contributed by atoms with Crippen molar-refractivity contribution >= 4 is 17.6 Å². The van der Waals surface area contributed by atoms with Gasteiger partial charge < -0.3 is 14.6 Å². The molecule has 122 valence electrons. The van der Waals surface area contributed by atoms with Crippen LogP contribution in [-0.4, -0.2) is 23.8 Å². The van der Waals surface area contributed by atoms with Gasteiger partial charge in [0.2, 0.25) is 0 Å². The summed E-state index contributed by atoms with van der Waals surface area (Å²) in [7, 11) is 0. The van der Waals surface area contributed by atoms with Crippen LogP contribution >= 0.6 is 11.6 Å². The molecule has 2 aromatic rings. The molecule has 0 spiro atoms. The van der Waals surface area contributed by atoms with E-state index < -0.39 is 12.1 Å². The molecule has 23 heavy (non-hydrogen) atoms. The number of aryl methyl sites for hydroxylation is 1. The van der Waals surface area contributed by atoms with Crippen LogP contribution in [0.1, 0.15) is 18.1 Å². The Balaban J connectivity index is 2.09. The smallest absolute Gasteiger partial charge is 0.345 e. The average Bonchev–Trinajstić information content (AvgIpc) is 2.52. The highest BCUT2D eigenvalue weighted by Crippen LogP contribution is 2.23. The standard InChI is InChI=1S/C18H19ClO4/c1-3-22-14-6-4-13(5-7-14)11-17(18(20)21)23-15-8-9-16(19)12(2)10-15/h4-10,17H,3,11H2,1-2H3,(H,20,21)/t17-/m0/s1. The van der Waals surface area contributed by atoms with Crippen molar-refractivity contribution in [2.45, 2.75) is 26.4 Å². The van der Waals surface area contributed by atoms with E-state index in [1.54, 1.807) is 18.2 Å². The predicted octanol–water partition coefficient (Wildman–Crippen LogP) is 4.12. The Bertz CT molecular complexity index is 667. The van der Waals surface area contributed by atoms with Crippen molar-refractivity contribution in [3.8, 4) is 11.5 Å². The largest absolute Gasteiger partial charge is 0.494 e. The molecule has 2 aromatic carbocycles. The first kappa shape index (κ1) is 17.2. The number of hydrogen-bond acceptors (Lipinski definition) is 3. The molecule has 0 bridgehead atoms. The second kappa shape index (κ2) is 7.88. The maximum Gasteiger partial charge on any atom is 0.345 e. The van der Waals surface area contributed by atoms with Gasteiger partial charge in [-0.15, -0.1) is 0 Å². The summed E-state index contributed by atoms with van der Waals surface area (Å²) in [5.41, 5.74) is 1.71. The van der Waals surface area contributed by atoms with E-state index in [4.69, 9.17) is 21.1 Å². The monoisotopic (exact) mass is 334 g/mol. The normalized spacial score (nSPS) is 11.8. The Labute approximate surface area is 140 Å². The van der Waals surface area contributed by atoms with E-state index in [1.165, 1.54) is 0 Å². The number of halogens is 1. The summed E-state index contributed by atoms with van der Waals surface area (Å²) in [4.78, 5) is 11.5. The second-order valence-electron chi connectivity index (χ2n) is 5.14. The van der Waals surface area contributed by atoms with Crippen molar-refractivity contribution in [3.63, 3.8) is 0 Å². The van der Waals surface area contributed by atoms with E-state index in [9.17, 15) is 9.90 Å². The van der Waals surface area contributed by atoms with Crippen LogP contribution < -0.4 is 9.47 Å². The lowest BCUT2D eigenvalue weighted by molar-refractivity contribution is -0.145. The molecule has 0 aliphatic rings. The molecule has 0 heterocycles. The van der Waals surface area contributed by atoms with Gasteiger partial charge in [0.25, 0.3) is 0 Å². The number of carboxylic acid groups (broad SMARTS) is 1. The van der Waals surface area contributed by atoms with Crippen LogP contribution in [0.4, 0.5) is 0 Å². The molecule has 0 aromatic heterocycles. The first-order valence-corrected chi connectivity index (χ1v) is 7.74. The highest BCUT2D eigenvalue weighted by molar-refractivity contribution is 6.31. The van der Waals surface area contributed by atoms with E-state index in [2.05, 4.69) is 0 Å². The molecule has 0 amide bonds. The lowest BCUT2D eigenvalue weighted by Gasteiger charge is -2.16.